The number of hydrogen-bond acceptors (Lipinski definition) is 4. The van der Waals surface area contributed by atoms with Crippen LogP contribution < -0.4 is 5.32 Å². The molecule has 0 aliphatic carbocycles. The third-order valence-electron chi connectivity index (χ3n) is 2.83. The van der Waals surface area contributed by atoms with Gasteiger partial charge < -0.3 is 4.90 Å². The van der Waals surface area contributed by atoms with E-state index >= 15 is 0 Å². The molecule has 3 nitrogen and oxygen atoms in total. The zero-order valence-electron chi connectivity index (χ0n) is 10.2. The number of nitrogens with one attached hydrogen (secondary N) is 1. The summed E-state index contributed by atoms with van der Waals surface area (Å²) in [6.45, 7) is 4.89. The average molecular weight is 270 g/mol. The van der Waals surface area contributed by atoms with E-state index in [0.717, 1.165) is 18.2 Å². The van der Waals surface area contributed by atoms with Gasteiger partial charge in [0.15, 0.2) is 0 Å². The second kappa shape index (κ2) is 5.89. The maximum absolute atomic E-state index is 12.4. The van der Waals surface area contributed by atoms with Gasteiger partial charge in [-0.3, -0.25) is 10.1 Å². The molecule has 1 unspecified atom stereocenters. The number of amides is 1. The first-order valence-corrected chi connectivity index (χ1v) is 7.86. The number of thiophene rings is 1. The molecule has 1 atom stereocenters. The van der Waals surface area contributed by atoms with Gasteiger partial charge in [0.25, 0.3) is 0 Å². The Bertz CT molecular complexity index is 359. The van der Waals surface area contributed by atoms with Crippen molar-refractivity contribution in [1.29, 1.82) is 0 Å². The van der Waals surface area contributed by atoms with Gasteiger partial charge in [-0.2, -0.15) is 0 Å². The maximum Gasteiger partial charge on any atom is 0.241 e. The third-order valence-corrected chi connectivity index (χ3v) is 4.63. The van der Waals surface area contributed by atoms with E-state index in [-0.39, 0.29) is 18.0 Å². The summed E-state index contributed by atoms with van der Waals surface area (Å²) >= 11 is 3.50. The quantitative estimate of drug-likeness (QED) is 0.910. The number of rotatable bonds is 4. The molecule has 0 bridgehead atoms. The van der Waals surface area contributed by atoms with Gasteiger partial charge in [0.1, 0.15) is 0 Å². The second-order valence-corrected chi connectivity index (χ2v) is 6.47. The summed E-state index contributed by atoms with van der Waals surface area (Å²) in [5.74, 6) is 2.02. The highest BCUT2D eigenvalue weighted by Gasteiger charge is 2.28. The van der Waals surface area contributed by atoms with Gasteiger partial charge in [0, 0.05) is 22.5 Å². The number of nitrogens with zero attached hydrogens (tertiary/aromatic N) is 1. The zero-order valence-corrected chi connectivity index (χ0v) is 11.8. The first-order chi connectivity index (χ1) is 8.18. The molecule has 1 aromatic heterocycles. The Morgan fingerprint density at radius 3 is 3.00 bits per heavy atom. The lowest BCUT2D eigenvalue weighted by Gasteiger charge is -2.28. The molecule has 1 aliphatic heterocycles. The van der Waals surface area contributed by atoms with Crippen LogP contribution in [0.25, 0.3) is 0 Å². The first-order valence-electron chi connectivity index (χ1n) is 5.82. The Labute approximate surface area is 111 Å². The van der Waals surface area contributed by atoms with E-state index in [4.69, 9.17) is 0 Å². The molecule has 0 aromatic carbocycles. The van der Waals surface area contributed by atoms with E-state index in [1.54, 1.807) is 23.1 Å². The summed E-state index contributed by atoms with van der Waals surface area (Å²) in [6, 6.07) is 4.37. The molecule has 17 heavy (non-hydrogen) atoms. The van der Waals surface area contributed by atoms with E-state index < -0.39 is 0 Å². The first kappa shape index (κ1) is 12.9. The predicted octanol–water partition coefficient (Wildman–Crippen LogP) is 2.15. The van der Waals surface area contributed by atoms with Crippen molar-refractivity contribution in [3.63, 3.8) is 0 Å². The lowest BCUT2D eigenvalue weighted by Crippen LogP contribution is -2.47. The van der Waals surface area contributed by atoms with Gasteiger partial charge in [-0.25, -0.2) is 0 Å². The molecule has 1 amide bonds. The smallest absolute Gasteiger partial charge is 0.241 e. The molecule has 0 radical (unpaired) electrons. The van der Waals surface area contributed by atoms with Gasteiger partial charge in [-0.05, 0) is 25.3 Å². The zero-order chi connectivity index (χ0) is 12.3. The van der Waals surface area contributed by atoms with Crippen molar-refractivity contribution >= 4 is 29.0 Å². The van der Waals surface area contributed by atoms with Crippen LogP contribution in [0.1, 0.15) is 18.7 Å². The molecule has 0 spiro atoms. The van der Waals surface area contributed by atoms with E-state index in [2.05, 4.69) is 30.6 Å². The van der Waals surface area contributed by atoms with Crippen molar-refractivity contribution in [3.05, 3.63) is 22.4 Å². The van der Waals surface area contributed by atoms with Gasteiger partial charge in [-0.15, -0.1) is 23.1 Å². The van der Waals surface area contributed by atoms with E-state index in [1.165, 1.54) is 4.88 Å². The molecule has 94 valence electrons. The minimum absolute atomic E-state index is 0.00219. The van der Waals surface area contributed by atoms with Crippen LogP contribution in [0.2, 0.25) is 0 Å². The van der Waals surface area contributed by atoms with E-state index in [9.17, 15) is 4.79 Å². The van der Waals surface area contributed by atoms with E-state index in [0.29, 0.717) is 0 Å². The third kappa shape index (κ3) is 3.24. The molecule has 2 rings (SSSR count). The Hall–Kier alpha value is -0.520. The van der Waals surface area contributed by atoms with Gasteiger partial charge in [0.05, 0.1) is 12.6 Å². The monoisotopic (exact) mass is 270 g/mol. The summed E-state index contributed by atoms with van der Waals surface area (Å²) in [5.41, 5.74) is 0. The lowest BCUT2D eigenvalue weighted by atomic mass is 10.2. The van der Waals surface area contributed by atoms with Crippen molar-refractivity contribution in [2.24, 2.45) is 0 Å². The number of thioether (sulfide) groups is 1. The van der Waals surface area contributed by atoms with Crippen LogP contribution in [0.5, 0.6) is 0 Å². The molecule has 1 fully saturated rings. The minimum atomic E-state index is 0.00219. The summed E-state index contributed by atoms with van der Waals surface area (Å²) < 4.78 is 0. The molecule has 2 heterocycles. The Balaban J connectivity index is 2.03. The summed E-state index contributed by atoms with van der Waals surface area (Å²) in [5, 5.41) is 5.30. The Kier molecular flexibility index (Phi) is 4.48. The number of hydrogen-bond donors (Lipinski definition) is 1. The van der Waals surface area contributed by atoms with Crippen LogP contribution in [-0.2, 0) is 11.3 Å². The van der Waals surface area contributed by atoms with Crippen molar-refractivity contribution in [3.8, 4) is 0 Å². The standard InChI is InChI=1S/C12H18N2OS2/c1-9(2)14(6-10-4-3-5-17-10)12(15)11-7-16-8-13-11/h3-5,9,11,13H,6-8H2,1-2H3. The fraction of sp³-hybridized carbons (Fsp3) is 0.583. The van der Waals surface area contributed by atoms with Gasteiger partial charge >= 0.3 is 0 Å². The highest BCUT2D eigenvalue weighted by molar-refractivity contribution is 7.99. The SMILES string of the molecule is CC(C)N(Cc1cccs1)C(=O)C1CSCN1. The summed E-state index contributed by atoms with van der Waals surface area (Å²) in [7, 11) is 0. The van der Waals surface area contributed by atoms with Crippen LogP contribution >= 0.6 is 23.1 Å². The van der Waals surface area contributed by atoms with Crippen molar-refractivity contribution < 1.29 is 4.79 Å². The molecular formula is C12H18N2OS2. The highest BCUT2D eigenvalue weighted by atomic mass is 32.2. The fourth-order valence-corrected chi connectivity index (χ4v) is 3.48. The molecule has 1 N–H and O–H groups in total. The average Bonchev–Trinajstić information content (AvgIpc) is 2.97. The molecule has 1 aliphatic rings. The minimum Gasteiger partial charge on any atom is -0.334 e. The van der Waals surface area contributed by atoms with Crippen LogP contribution in [0.3, 0.4) is 0 Å². The maximum atomic E-state index is 12.4. The largest absolute Gasteiger partial charge is 0.334 e. The second-order valence-electron chi connectivity index (χ2n) is 4.41. The molecule has 0 saturated carbocycles. The number of carbonyl (C=O) groups is 1. The molecule has 5 heteroatoms. The Morgan fingerprint density at radius 1 is 1.65 bits per heavy atom. The highest BCUT2D eigenvalue weighted by Crippen LogP contribution is 2.18. The number of carbonyl (C=O) groups excluding carboxylic acids is 1. The summed E-state index contributed by atoms with van der Waals surface area (Å²) in [4.78, 5) is 15.6. The van der Waals surface area contributed by atoms with Crippen LogP contribution in [0.15, 0.2) is 17.5 Å². The van der Waals surface area contributed by atoms with Crippen molar-refractivity contribution in [2.75, 3.05) is 11.6 Å². The van der Waals surface area contributed by atoms with Gasteiger partial charge in [-0.1, -0.05) is 6.07 Å². The fourth-order valence-electron chi connectivity index (χ4n) is 1.84. The van der Waals surface area contributed by atoms with Crippen molar-refractivity contribution in [2.45, 2.75) is 32.5 Å². The Morgan fingerprint density at radius 2 is 2.47 bits per heavy atom. The van der Waals surface area contributed by atoms with Crippen LogP contribution in [0, 0.1) is 0 Å². The van der Waals surface area contributed by atoms with E-state index in [1.807, 2.05) is 11.0 Å². The summed E-state index contributed by atoms with van der Waals surface area (Å²) in [6.07, 6.45) is 0. The van der Waals surface area contributed by atoms with Crippen molar-refractivity contribution in [1.82, 2.24) is 10.2 Å². The predicted molar refractivity (Wildman–Crippen MR) is 74.3 cm³/mol. The van der Waals surface area contributed by atoms with Crippen LogP contribution in [-0.4, -0.2) is 34.5 Å². The molecular weight excluding hydrogens is 252 g/mol. The normalized spacial score (nSPS) is 19.8. The lowest BCUT2D eigenvalue weighted by molar-refractivity contribution is -0.135. The topological polar surface area (TPSA) is 32.3 Å². The van der Waals surface area contributed by atoms with Crippen LogP contribution in [0.4, 0.5) is 0 Å². The van der Waals surface area contributed by atoms with Gasteiger partial charge in [0.2, 0.25) is 5.91 Å². The molecule has 1 aromatic rings. The molecule has 1 saturated heterocycles.